The Balaban J connectivity index is 2.70. The Hall–Kier alpha value is 0.0600. The van der Waals surface area contributed by atoms with Crippen molar-refractivity contribution in [3.8, 4) is 0 Å². The van der Waals surface area contributed by atoms with E-state index in [-0.39, 0.29) is 5.56 Å². The summed E-state index contributed by atoms with van der Waals surface area (Å²) in [6.45, 7) is 0. The molecular formula is C9H4ClF2IS. The van der Waals surface area contributed by atoms with E-state index in [1.807, 2.05) is 22.6 Å². The topological polar surface area (TPSA) is 0 Å². The van der Waals surface area contributed by atoms with Gasteiger partial charge in [-0.25, -0.2) is 8.78 Å². The van der Waals surface area contributed by atoms with Crippen LogP contribution in [0.3, 0.4) is 0 Å². The van der Waals surface area contributed by atoms with Crippen LogP contribution in [0.1, 0.15) is 12.0 Å². The second-order valence-electron chi connectivity index (χ2n) is 2.76. The molecule has 0 spiro atoms. The Morgan fingerprint density at radius 3 is 2.64 bits per heavy atom. The molecule has 2 rings (SSSR count). The molecule has 2 aromatic rings. The van der Waals surface area contributed by atoms with E-state index in [2.05, 4.69) is 0 Å². The lowest BCUT2D eigenvalue weighted by Crippen LogP contribution is -1.87. The average Bonchev–Trinajstić information content (AvgIpc) is 2.42. The minimum Gasteiger partial charge on any atom is -0.205 e. The predicted octanol–water partition coefficient (Wildman–Crippen LogP) is 5.10. The molecule has 0 amide bonds. The van der Waals surface area contributed by atoms with Gasteiger partial charge in [0.25, 0.3) is 6.43 Å². The summed E-state index contributed by atoms with van der Waals surface area (Å²) in [5, 5.41) is 0.788. The fourth-order valence-corrected chi connectivity index (χ4v) is 3.30. The van der Waals surface area contributed by atoms with E-state index in [9.17, 15) is 8.78 Å². The van der Waals surface area contributed by atoms with E-state index in [4.69, 9.17) is 11.6 Å². The first-order chi connectivity index (χ1) is 6.58. The average molecular weight is 345 g/mol. The van der Waals surface area contributed by atoms with Gasteiger partial charge in [-0.3, -0.25) is 0 Å². The van der Waals surface area contributed by atoms with Gasteiger partial charge < -0.3 is 0 Å². The van der Waals surface area contributed by atoms with Crippen molar-refractivity contribution < 1.29 is 8.78 Å². The number of rotatable bonds is 1. The second kappa shape index (κ2) is 3.90. The van der Waals surface area contributed by atoms with E-state index in [0.29, 0.717) is 7.91 Å². The molecule has 0 aliphatic heterocycles. The first-order valence-corrected chi connectivity index (χ1v) is 6.02. The third kappa shape index (κ3) is 1.87. The van der Waals surface area contributed by atoms with Crippen molar-refractivity contribution in [2.45, 2.75) is 6.43 Å². The molecule has 0 aliphatic carbocycles. The van der Waals surface area contributed by atoms with Crippen LogP contribution in [0.4, 0.5) is 8.78 Å². The number of halogens is 4. The van der Waals surface area contributed by atoms with Crippen LogP contribution in [0.15, 0.2) is 18.2 Å². The van der Waals surface area contributed by atoms with Gasteiger partial charge in [-0.2, -0.15) is 0 Å². The van der Waals surface area contributed by atoms with Crippen molar-refractivity contribution in [2.24, 2.45) is 0 Å². The molecule has 74 valence electrons. The van der Waals surface area contributed by atoms with E-state index >= 15 is 0 Å². The first-order valence-electron chi connectivity index (χ1n) is 3.74. The molecule has 1 aromatic carbocycles. The molecular weight excluding hydrogens is 341 g/mol. The van der Waals surface area contributed by atoms with Crippen molar-refractivity contribution in [2.75, 3.05) is 0 Å². The lowest BCUT2D eigenvalue weighted by Gasteiger charge is -2.02. The van der Waals surface area contributed by atoms with Crippen LogP contribution >= 0.6 is 45.5 Å². The summed E-state index contributed by atoms with van der Waals surface area (Å²) in [4.78, 5) is 0. The highest BCUT2D eigenvalue weighted by Crippen LogP contribution is 2.34. The Morgan fingerprint density at radius 2 is 2.00 bits per heavy atom. The number of hydrogen-bond acceptors (Lipinski definition) is 1. The van der Waals surface area contributed by atoms with Gasteiger partial charge in [0.05, 0.1) is 4.34 Å². The molecule has 0 aliphatic rings. The smallest absolute Gasteiger partial charge is 0.205 e. The molecule has 0 radical (unpaired) electrons. The number of benzene rings is 1. The Morgan fingerprint density at radius 1 is 1.29 bits per heavy atom. The van der Waals surface area contributed by atoms with Crippen LogP contribution in [0, 0.1) is 3.57 Å². The van der Waals surface area contributed by atoms with Crippen LogP contribution in [0.25, 0.3) is 10.1 Å². The SMILES string of the molecule is FC(F)c1cc2cc(Cl)sc2cc1I. The zero-order valence-corrected chi connectivity index (χ0v) is 10.5. The van der Waals surface area contributed by atoms with Gasteiger partial charge in [-0.1, -0.05) is 11.6 Å². The fourth-order valence-electron chi connectivity index (χ4n) is 1.21. The summed E-state index contributed by atoms with van der Waals surface area (Å²) >= 11 is 9.11. The van der Waals surface area contributed by atoms with Crippen LogP contribution in [0.2, 0.25) is 4.34 Å². The van der Waals surface area contributed by atoms with Crippen LogP contribution < -0.4 is 0 Å². The third-order valence-electron chi connectivity index (χ3n) is 1.84. The van der Waals surface area contributed by atoms with E-state index in [1.165, 1.54) is 17.4 Å². The summed E-state index contributed by atoms with van der Waals surface area (Å²) in [7, 11) is 0. The molecule has 0 saturated heterocycles. The summed E-state index contributed by atoms with van der Waals surface area (Å²) in [6.07, 6.45) is -2.43. The molecule has 1 aromatic heterocycles. The van der Waals surface area contributed by atoms with Gasteiger partial charge in [0.1, 0.15) is 0 Å². The van der Waals surface area contributed by atoms with Crippen LogP contribution in [-0.2, 0) is 0 Å². The normalized spacial score (nSPS) is 11.5. The maximum Gasteiger partial charge on any atom is 0.264 e. The molecule has 0 saturated carbocycles. The highest BCUT2D eigenvalue weighted by atomic mass is 127. The lowest BCUT2D eigenvalue weighted by molar-refractivity contribution is 0.150. The Labute approximate surface area is 102 Å². The molecule has 5 heteroatoms. The van der Waals surface area contributed by atoms with Crippen molar-refractivity contribution in [3.05, 3.63) is 31.7 Å². The van der Waals surface area contributed by atoms with Gasteiger partial charge in [-0.05, 0) is 46.2 Å². The first kappa shape index (κ1) is 10.6. The monoisotopic (exact) mass is 344 g/mol. The van der Waals surface area contributed by atoms with Crippen molar-refractivity contribution >= 4 is 55.6 Å². The van der Waals surface area contributed by atoms with Gasteiger partial charge in [0.15, 0.2) is 0 Å². The van der Waals surface area contributed by atoms with Crippen molar-refractivity contribution in [3.63, 3.8) is 0 Å². The lowest BCUT2D eigenvalue weighted by atomic mass is 10.2. The maximum absolute atomic E-state index is 12.5. The standard InChI is InChI=1S/C9H4ClF2IS/c10-8-2-4-1-5(9(11)12)6(13)3-7(4)14-8/h1-3,9H. The minimum absolute atomic E-state index is 0.0765. The predicted molar refractivity (Wildman–Crippen MR) is 64.5 cm³/mol. The molecule has 0 bridgehead atoms. The van der Waals surface area contributed by atoms with Gasteiger partial charge in [0.2, 0.25) is 0 Å². The number of thiophene rings is 1. The number of hydrogen-bond donors (Lipinski definition) is 0. The van der Waals surface area contributed by atoms with E-state index in [1.54, 1.807) is 12.1 Å². The number of alkyl halides is 2. The Bertz CT molecular complexity index is 481. The zero-order valence-electron chi connectivity index (χ0n) is 6.73. The molecule has 14 heavy (non-hydrogen) atoms. The highest BCUT2D eigenvalue weighted by molar-refractivity contribution is 14.1. The summed E-state index contributed by atoms with van der Waals surface area (Å²) < 4.78 is 27.2. The highest BCUT2D eigenvalue weighted by Gasteiger charge is 2.13. The van der Waals surface area contributed by atoms with Gasteiger partial charge in [-0.15, -0.1) is 11.3 Å². The van der Waals surface area contributed by atoms with Crippen LogP contribution in [0.5, 0.6) is 0 Å². The van der Waals surface area contributed by atoms with Crippen LogP contribution in [-0.4, -0.2) is 0 Å². The van der Waals surface area contributed by atoms with E-state index < -0.39 is 6.43 Å². The number of fused-ring (bicyclic) bond motifs is 1. The largest absolute Gasteiger partial charge is 0.264 e. The maximum atomic E-state index is 12.5. The van der Waals surface area contributed by atoms with Gasteiger partial charge >= 0.3 is 0 Å². The summed E-state index contributed by atoms with van der Waals surface area (Å²) in [6, 6.07) is 4.96. The quantitative estimate of drug-likeness (QED) is 0.632. The second-order valence-corrected chi connectivity index (χ2v) is 5.64. The molecule has 0 nitrogen and oxygen atoms in total. The minimum atomic E-state index is -2.43. The van der Waals surface area contributed by atoms with E-state index in [0.717, 1.165) is 10.1 Å². The molecule has 0 unspecified atom stereocenters. The fraction of sp³-hybridized carbons (Fsp3) is 0.111. The summed E-state index contributed by atoms with van der Waals surface area (Å²) in [5.41, 5.74) is 0.0765. The van der Waals surface area contributed by atoms with Crippen molar-refractivity contribution in [1.29, 1.82) is 0 Å². The molecule has 0 atom stereocenters. The zero-order chi connectivity index (χ0) is 10.3. The van der Waals surface area contributed by atoms with Gasteiger partial charge in [0, 0.05) is 13.8 Å². The molecule has 0 N–H and O–H groups in total. The van der Waals surface area contributed by atoms with Crippen molar-refractivity contribution in [1.82, 2.24) is 0 Å². The molecule has 0 fully saturated rings. The summed E-state index contributed by atoms with van der Waals surface area (Å²) in [5.74, 6) is 0. The Kier molecular flexibility index (Phi) is 2.95. The third-order valence-corrected chi connectivity index (χ3v) is 4.00. The molecule has 1 heterocycles.